The van der Waals surface area contributed by atoms with E-state index in [4.69, 9.17) is 0 Å². The van der Waals surface area contributed by atoms with E-state index in [0.29, 0.717) is 31.4 Å². The van der Waals surface area contributed by atoms with E-state index in [1.165, 1.54) is 12.3 Å². The molecule has 1 unspecified atom stereocenters. The smallest absolute Gasteiger partial charge is 0.191 e. The lowest BCUT2D eigenvalue weighted by Crippen LogP contribution is -2.45. The van der Waals surface area contributed by atoms with E-state index in [1.54, 1.807) is 12.3 Å². The highest BCUT2D eigenvalue weighted by Gasteiger charge is 2.25. The van der Waals surface area contributed by atoms with Crippen LogP contribution in [0.3, 0.4) is 0 Å². The van der Waals surface area contributed by atoms with Gasteiger partial charge >= 0.3 is 0 Å². The minimum Gasteiger partial charge on any atom is -0.357 e. The minimum atomic E-state index is -3.03. The fourth-order valence-corrected chi connectivity index (χ4v) is 2.94. The number of hydrogen-bond donors (Lipinski definition) is 2. The quantitative estimate of drug-likeness (QED) is 0.356. The zero-order valence-corrected chi connectivity index (χ0v) is 17.6. The number of rotatable bonds is 6. The van der Waals surface area contributed by atoms with Gasteiger partial charge in [-0.3, -0.25) is 4.99 Å². The lowest BCUT2D eigenvalue weighted by Gasteiger charge is -2.19. The van der Waals surface area contributed by atoms with Crippen LogP contribution in [0.5, 0.6) is 0 Å². The molecule has 7 nitrogen and oxygen atoms in total. The van der Waals surface area contributed by atoms with Crippen molar-refractivity contribution < 1.29 is 12.8 Å². The largest absolute Gasteiger partial charge is 0.357 e. The normalized spacial score (nSPS) is 18.0. The first kappa shape index (κ1) is 21.9. The Bertz CT molecular complexity index is 686. The minimum absolute atomic E-state index is 0. The van der Waals surface area contributed by atoms with Crippen LogP contribution in [-0.2, 0) is 9.84 Å². The molecule has 0 spiro atoms. The summed E-state index contributed by atoms with van der Waals surface area (Å²) in [6.45, 7) is 4.15. The molecule has 0 aliphatic carbocycles. The number of pyridine rings is 1. The molecule has 10 heteroatoms. The second-order valence-electron chi connectivity index (χ2n) is 5.78. The van der Waals surface area contributed by atoms with Gasteiger partial charge in [-0.05, 0) is 25.5 Å². The van der Waals surface area contributed by atoms with Crippen LogP contribution < -0.4 is 15.5 Å². The van der Waals surface area contributed by atoms with Crippen molar-refractivity contribution in [2.75, 3.05) is 43.1 Å². The Labute approximate surface area is 165 Å². The van der Waals surface area contributed by atoms with Gasteiger partial charge in [-0.15, -0.1) is 24.0 Å². The molecule has 0 amide bonds. The molecule has 2 heterocycles. The summed E-state index contributed by atoms with van der Waals surface area (Å²) in [5.41, 5.74) is 0. The van der Waals surface area contributed by atoms with Crippen LogP contribution in [0.25, 0.3) is 0 Å². The predicted molar refractivity (Wildman–Crippen MR) is 109 cm³/mol. The summed E-state index contributed by atoms with van der Waals surface area (Å²) in [5, 5.41) is 6.37. The molecule has 0 bridgehead atoms. The molecular weight excluding hydrogens is 460 g/mol. The van der Waals surface area contributed by atoms with Crippen molar-refractivity contribution in [1.82, 2.24) is 15.6 Å². The van der Waals surface area contributed by atoms with Crippen molar-refractivity contribution >= 4 is 45.6 Å². The van der Waals surface area contributed by atoms with Crippen molar-refractivity contribution in [3.05, 3.63) is 24.1 Å². The number of sulfone groups is 1. The third-order valence-corrected chi connectivity index (χ3v) is 4.57. The SMILES string of the molecule is CCNC(=NCCS(C)(=O)=O)NC1CCN(c2ncccc2F)C1.I. The number of halogens is 2. The molecular formula is C15H25FIN5O2S. The average molecular weight is 485 g/mol. The zero-order chi connectivity index (χ0) is 17.6. The lowest BCUT2D eigenvalue weighted by molar-refractivity contribution is 0.601. The first-order valence-corrected chi connectivity index (χ1v) is 10.0. The van der Waals surface area contributed by atoms with E-state index in [9.17, 15) is 12.8 Å². The number of nitrogens with zero attached hydrogens (tertiary/aromatic N) is 3. The molecule has 1 saturated heterocycles. The number of aliphatic imine (C=N–C) groups is 1. The van der Waals surface area contributed by atoms with Gasteiger partial charge in [0.2, 0.25) is 0 Å². The summed E-state index contributed by atoms with van der Waals surface area (Å²) in [6.07, 6.45) is 3.60. The maximum atomic E-state index is 13.8. The number of nitrogens with one attached hydrogen (secondary N) is 2. The molecule has 1 aliphatic heterocycles. The summed E-state index contributed by atoms with van der Waals surface area (Å²) in [6, 6.07) is 3.07. The van der Waals surface area contributed by atoms with Crippen molar-refractivity contribution in [2.45, 2.75) is 19.4 Å². The fraction of sp³-hybridized carbons (Fsp3) is 0.600. The van der Waals surface area contributed by atoms with Crippen molar-refractivity contribution in [1.29, 1.82) is 0 Å². The van der Waals surface area contributed by atoms with Gasteiger partial charge in [0, 0.05) is 38.1 Å². The van der Waals surface area contributed by atoms with Gasteiger partial charge in [0.05, 0.1) is 12.3 Å². The maximum absolute atomic E-state index is 13.8. The second-order valence-corrected chi connectivity index (χ2v) is 8.04. The van der Waals surface area contributed by atoms with Gasteiger partial charge in [-0.1, -0.05) is 0 Å². The highest BCUT2D eigenvalue weighted by Crippen LogP contribution is 2.20. The van der Waals surface area contributed by atoms with Crippen molar-refractivity contribution in [3.8, 4) is 0 Å². The summed E-state index contributed by atoms with van der Waals surface area (Å²) < 4.78 is 36.2. The molecule has 142 valence electrons. The van der Waals surface area contributed by atoms with Gasteiger partial charge in [0.15, 0.2) is 17.6 Å². The molecule has 2 N–H and O–H groups in total. The third-order valence-electron chi connectivity index (χ3n) is 3.64. The van der Waals surface area contributed by atoms with Crippen LogP contribution in [0.4, 0.5) is 10.2 Å². The Kier molecular flexibility index (Phi) is 8.83. The van der Waals surface area contributed by atoms with Crippen LogP contribution in [0.1, 0.15) is 13.3 Å². The fourth-order valence-electron chi connectivity index (χ4n) is 2.52. The number of guanidine groups is 1. The standard InChI is InChI=1S/C15H24FN5O2S.HI/c1-3-17-15(19-8-10-24(2,22)23)20-12-6-9-21(11-12)14-13(16)5-4-7-18-14;/h4-5,7,12H,3,6,8-11H2,1-2H3,(H2,17,19,20);1H. The van der Waals surface area contributed by atoms with E-state index in [0.717, 1.165) is 6.42 Å². The number of aromatic nitrogens is 1. The lowest BCUT2D eigenvalue weighted by atomic mass is 10.3. The third kappa shape index (κ3) is 7.30. The summed E-state index contributed by atoms with van der Waals surface area (Å²) in [7, 11) is -3.03. The van der Waals surface area contributed by atoms with Crippen molar-refractivity contribution in [3.63, 3.8) is 0 Å². The van der Waals surface area contributed by atoms with E-state index in [2.05, 4.69) is 20.6 Å². The molecule has 1 fully saturated rings. The first-order valence-electron chi connectivity index (χ1n) is 7.97. The van der Waals surface area contributed by atoms with Crippen LogP contribution >= 0.6 is 24.0 Å². The van der Waals surface area contributed by atoms with Gasteiger partial charge < -0.3 is 15.5 Å². The first-order chi connectivity index (χ1) is 11.4. The van der Waals surface area contributed by atoms with E-state index in [1.807, 2.05) is 11.8 Å². The predicted octanol–water partition coefficient (Wildman–Crippen LogP) is 1.02. The van der Waals surface area contributed by atoms with Crippen LogP contribution in [0.15, 0.2) is 23.3 Å². The molecule has 0 radical (unpaired) electrons. The number of anilines is 1. The Morgan fingerprint density at radius 1 is 1.52 bits per heavy atom. The zero-order valence-electron chi connectivity index (χ0n) is 14.4. The summed E-state index contributed by atoms with van der Waals surface area (Å²) in [5.74, 6) is 0.627. The summed E-state index contributed by atoms with van der Waals surface area (Å²) in [4.78, 5) is 10.3. The van der Waals surface area contributed by atoms with Crippen LogP contribution in [-0.4, -0.2) is 63.6 Å². The van der Waals surface area contributed by atoms with Gasteiger partial charge in [-0.2, -0.15) is 0 Å². The van der Waals surface area contributed by atoms with Gasteiger partial charge in [0.25, 0.3) is 0 Å². The average Bonchev–Trinajstić information content (AvgIpc) is 2.95. The molecule has 1 atom stereocenters. The second kappa shape index (κ2) is 10.1. The molecule has 25 heavy (non-hydrogen) atoms. The molecule has 1 aromatic heterocycles. The Balaban J connectivity index is 0.00000312. The van der Waals surface area contributed by atoms with Crippen molar-refractivity contribution in [2.24, 2.45) is 4.99 Å². The molecule has 1 aliphatic rings. The topological polar surface area (TPSA) is 86.7 Å². The van der Waals surface area contributed by atoms with Gasteiger partial charge in [-0.25, -0.2) is 17.8 Å². The van der Waals surface area contributed by atoms with E-state index in [-0.39, 0.29) is 48.1 Å². The maximum Gasteiger partial charge on any atom is 0.191 e. The highest BCUT2D eigenvalue weighted by atomic mass is 127. The molecule has 0 aromatic carbocycles. The van der Waals surface area contributed by atoms with E-state index < -0.39 is 9.84 Å². The Morgan fingerprint density at radius 3 is 2.92 bits per heavy atom. The van der Waals surface area contributed by atoms with E-state index >= 15 is 0 Å². The Morgan fingerprint density at radius 2 is 2.28 bits per heavy atom. The highest BCUT2D eigenvalue weighted by molar-refractivity contribution is 14.0. The van der Waals surface area contributed by atoms with Crippen LogP contribution in [0, 0.1) is 5.82 Å². The molecule has 0 saturated carbocycles. The summed E-state index contributed by atoms with van der Waals surface area (Å²) >= 11 is 0. The number of hydrogen-bond acceptors (Lipinski definition) is 5. The molecule has 2 rings (SSSR count). The van der Waals surface area contributed by atoms with Gasteiger partial charge in [0.1, 0.15) is 9.84 Å². The molecule has 1 aromatic rings. The monoisotopic (exact) mass is 485 g/mol. The Hall–Kier alpha value is -1.17. The van der Waals surface area contributed by atoms with Crippen LogP contribution in [0.2, 0.25) is 0 Å².